The van der Waals surface area contributed by atoms with Crippen LogP contribution in [0.5, 0.6) is 0 Å². The van der Waals surface area contributed by atoms with Crippen molar-refractivity contribution < 1.29 is 14.3 Å². The Morgan fingerprint density at radius 2 is 2.00 bits per heavy atom. The van der Waals surface area contributed by atoms with Gasteiger partial charge in [0.05, 0.1) is 18.8 Å². The Labute approximate surface area is 125 Å². The van der Waals surface area contributed by atoms with E-state index in [0.717, 1.165) is 45.7 Å². The van der Waals surface area contributed by atoms with Crippen molar-refractivity contribution >= 4 is 5.97 Å². The second-order valence-electron chi connectivity index (χ2n) is 5.61. The van der Waals surface area contributed by atoms with Crippen LogP contribution in [0.25, 0.3) is 0 Å². The van der Waals surface area contributed by atoms with Crippen LogP contribution >= 0.6 is 0 Å². The normalized spacial score (nSPS) is 26.7. The largest absolute Gasteiger partial charge is 0.443 e. The van der Waals surface area contributed by atoms with Crippen LogP contribution in [0.1, 0.15) is 23.2 Å². The fourth-order valence-corrected chi connectivity index (χ4v) is 2.89. The molecule has 2 aliphatic rings. The first-order valence-electron chi connectivity index (χ1n) is 7.63. The Hall–Kier alpha value is -1.43. The van der Waals surface area contributed by atoms with Crippen molar-refractivity contribution in [1.29, 1.82) is 0 Å². The lowest BCUT2D eigenvalue weighted by Crippen LogP contribution is -2.45. The number of nitrogens with zero attached hydrogens (tertiary/aromatic N) is 1. The summed E-state index contributed by atoms with van der Waals surface area (Å²) in [5.41, 5.74) is 0.607. The summed E-state index contributed by atoms with van der Waals surface area (Å²) >= 11 is 0. The van der Waals surface area contributed by atoms with Crippen molar-refractivity contribution in [3.8, 4) is 0 Å². The van der Waals surface area contributed by atoms with Gasteiger partial charge >= 0.3 is 5.97 Å². The summed E-state index contributed by atoms with van der Waals surface area (Å²) in [6, 6.07) is 9.55. The molecule has 1 aromatic rings. The lowest BCUT2D eigenvalue weighted by atomic mass is 10.2. The highest BCUT2D eigenvalue weighted by Gasteiger charge is 2.28. The molecule has 2 saturated heterocycles. The molecule has 0 aliphatic carbocycles. The van der Waals surface area contributed by atoms with Crippen LogP contribution in [-0.2, 0) is 9.47 Å². The smallest absolute Gasteiger partial charge is 0.339 e. The minimum absolute atomic E-state index is 0.163. The molecule has 0 bridgehead atoms. The van der Waals surface area contributed by atoms with Gasteiger partial charge in [0.1, 0.15) is 0 Å². The van der Waals surface area contributed by atoms with E-state index in [9.17, 15) is 4.79 Å². The molecule has 2 aliphatic heterocycles. The number of nitrogens with one attached hydrogen (secondary N) is 1. The van der Waals surface area contributed by atoms with Crippen molar-refractivity contribution in [2.75, 3.05) is 32.8 Å². The van der Waals surface area contributed by atoms with Gasteiger partial charge in [-0.15, -0.1) is 0 Å². The number of rotatable bonds is 4. The van der Waals surface area contributed by atoms with Crippen LogP contribution < -0.4 is 5.32 Å². The van der Waals surface area contributed by atoms with E-state index in [1.165, 1.54) is 0 Å². The Morgan fingerprint density at radius 1 is 1.24 bits per heavy atom. The third-order valence-electron chi connectivity index (χ3n) is 4.04. The van der Waals surface area contributed by atoms with Crippen LogP contribution in [0.3, 0.4) is 0 Å². The molecule has 0 saturated carbocycles. The second kappa shape index (κ2) is 7.02. The maximum Gasteiger partial charge on any atom is 0.339 e. The molecule has 1 aromatic carbocycles. The standard InChI is InChI=1S/C16H22N2O3/c19-16(13-4-2-1-3-5-13)21-15-7-6-14(17-15)12-18-8-10-20-11-9-18/h1-5,14-15,17H,6-12H2. The molecule has 2 unspecified atom stereocenters. The SMILES string of the molecule is O=C(OC1CCC(CN2CCOCC2)N1)c1ccccc1. The molecule has 3 rings (SSSR count). The van der Waals surface area contributed by atoms with Gasteiger partial charge in [-0.3, -0.25) is 10.2 Å². The summed E-state index contributed by atoms with van der Waals surface area (Å²) in [5.74, 6) is -0.250. The van der Waals surface area contributed by atoms with Crippen LogP contribution in [0.4, 0.5) is 0 Å². The average molecular weight is 290 g/mol. The first kappa shape index (κ1) is 14.5. The summed E-state index contributed by atoms with van der Waals surface area (Å²) in [5, 5.41) is 3.41. The summed E-state index contributed by atoms with van der Waals surface area (Å²) in [4.78, 5) is 14.4. The second-order valence-corrected chi connectivity index (χ2v) is 5.61. The van der Waals surface area contributed by atoms with Gasteiger partial charge in [0, 0.05) is 25.7 Å². The number of esters is 1. The fourth-order valence-electron chi connectivity index (χ4n) is 2.89. The average Bonchev–Trinajstić information content (AvgIpc) is 2.96. The van der Waals surface area contributed by atoms with E-state index in [0.29, 0.717) is 11.6 Å². The highest BCUT2D eigenvalue weighted by atomic mass is 16.6. The van der Waals surface area contributed by atoms with Crippen LogP contribution in [0.15, 0.2) is 30.3 Å². The minimum Gasteiger partial charge on any atom is -0.443 e. The number of ether oxygens (including phenoxy) is 2. The molecule has 0 radical (unpaired) electrons. The van der Waals surface area contributed by atoms with Gasteiger partial charge in [-0.25, -0.2) is 4.79 Å². The molecule has 2 fully saturated rings. The predicted octanol–water partition coefficient (Wildman–Crippen LogP) is 1.25. The number of hydrogen-bond donors (Lipinski definition) is 1. The zero-order valence-electron chi connectivity index (χ0n) is 12.2. The molecular formula is C16H22N2O3. The van der Waals surface area contributed by atoms with Gasteiger partial charge in [-0.2, -0.15) is 0 Å². The third kappa shape index (κ3) is 4.03. The van der Waals surface area contributed by atoms with Gasteiger partial charge in [-0.1, -0.05) is 18.2 Å². The summed E-state index contributed by atoms with van der Waals surface area (Å²) in [6.45, 7) is 4.63. The van der Waals surface area contributed by atoms with Gasteiger partial charge in [0.15, 0.2) is 6.23 Å². The van der Waals surface area contributed by atoms with E-state index < -0.39 is 0 Å². The van der Waals surface area contributed by atoms with E-state index in [2.05, 4.69) is 10.2 Å². The molecule has 0 amide bonds. The van der Waals surface area contributed by atoms with Crippen molar-refractivity contribution in [1.82, 2.24) is 10.2 Å². The van der Waals surface area contributed by atoms with Gasteiger partial charge in [0.2, 0.25) is 0 Å². The fraction of sp³-hybridized carbons (Fsp3) is 0.562. The van der Waals surface area contributed by atoms with Crippen molar-refractivity contribution in [2.24, 2.45) is 0 Å². The lowest BCUT2D eigenvalue weighted by Gasteiger charge is -2.29. The van der Waals surface area contributed by atoms with Crippen molar-refractivity contribution in [3.63, 3.8) is 0 Å². The molecular weight excluding hydrogens is 268 g/mol. The Balaban J connectivity index is 1.45. The van der Waals surface area contributed by atoms with Crippen LogP contribution in [0.2, 0.25) is 0 Å². The Kier molecular flexibility index (Phi) is 4.85. The molecule has 21 heavy (non-hydrogen) atoms. The number of carbonyl (C=O) groups excluding carboxylic acids is 1. The van der Waals surface area contributed by atoms with E-state index in [1.807, 2.05) is 18.2 Å². The summed E-state index contributed by atoms with van der Waals surface area (Å²) < 4.78 is 10.9. The molecule has 2 heterocycles. The number of benzene rings is 1. The van der Waals surface area contributed by atoms with Crippen molar-refractivity contribution in [3.05, 3.63) is 35.9 Å². The highest BCUT2D eigenvalue weighted by Crippen LogP contribution is 2.16. The summed E-state index contributed by atoms with van der Waals surface area (Å²) in [6.07, 6.45) is 1.77. The predicted molar refractivity (Wildman–Crippen MR) is 79.1 cm³/mol. The number of morpholine rings is 1. The zero-order chi connectivity index (χ0) is 14.5. The number of hydrogen-bond acceptors (Lipinski definition) is 5. The molecule has 5 heteroatoms. The maximum atomic E-state index is 12.0. The zero-order valence-corrected chi connectivity index (χ0v) is 12.2. The van der Waals surface area contributed by atoms with E-state index in [1.54, 1.807) is 12.1 Å². The lowest BCUT2D eigenvalue weighted by molar-refractivity contribution is 0.0212. The molecule has 5 nitrogen and oxygen atoms in total. The molecule has 114 valence electrons. The highest BCUT2D eigenvalue weighted by molar-refractivity contribution is 5.89. The van der Waals surface area contributed by atoms with Gasteiger partial charge < -0.3 is 9.47 Å². The van der Waals surface area contributed by atoms with Gasteiger partial charge in [0.25, 0.3) is 0 Å². The van der Waals surface area contributed by atoms with E-state index >= 15 is 0 Å². The molecule has 0 aromatic heterocycles. The minimum atomic E-state index is -0.250. The molecule has 0 spiro atoms. The van der Waals surface area contributed by atoms with E-state index in [-0.39, 0.29) is 12.2 Å². The van der Waals surface area contributed by atoms with E-state index in [4.69, 9.17) is 9.47 Å². The first-order chi connectivity index (χ1) is 10.3. The monoisotopic (exact) mass is 290 g/mol. The van der Waals surface area contributed by atoms with Crippen LogP contribution in [-0.4, -0.2) is 56.0 Å². The Bertz CT molecular complexity index is 460. The summed E-state index contributed by atoms with van der Waals surface area (Å²) in [7, 11) is 0. The topological polar surface area (TPSA) is 50.8 Å². The van der Waals surface area contributed by atoms with Gasteiger partial charge in [-0.05, 0) is 25.0 Å². The van der Waals surface area contributed by atoms with Crippen molar-refractivity contribution in [2.45, 2.75) is 25.1 Å². The number of carbonyl (C=O) groups is 1. The van der Waals surface area contributed by atoms with Crippen LogP contribution in [0, 0.1) is 0 Å². The molecule has 1 N–H and O–H groups in total. The third-order valence-corrected chi connectivity index (χ3v) is 4.04. The maximum absolute atomic E-state index is 12.0. The quantitative estimate of drug-likeness (QED) is 0.846. The Morgan fingerprint density at radius 3 is 2.76 bits per heavy atom. The molecule has 2 atom stereocenters. The first-order valence-corrected chi connectivity index (χ1v) is 7.63.